The van der Waals surface area contributed by atoms with Crippen molar-refractivity contribution in [1.29, 1.82) is 0 Å². The van der Waals surface area contributed by atoms with E-state index in [0.29, 0.717) is 5.95 Å². The highest BCUT2D eigenvalue weighted by Gasteiger charge is 2.09. The summed E-state index contributed by atoms with van der Waals surface area (Å²) in [6, 6.07) is 20.0. The van der Waals surface area contributed by atoms with Crippen LogP contribution in [-0.4, -0.2) is 23.1 Å². The normalized spacial score (nSPS) is 10.6. The van der Waals surface area contributed by atoms with Gasteiger partial charge >= 0.3 is 0 Å². The zero-order valence-electron chi connectivity index (χ0n) is 15.4. The molecule has 5 nitrogen and oxygen atoms in total. The fourth-order valence-electron chi connectivity index (χ4n) is 2.61. The summed E-state index contributed by atoms with van der Waals surface area (Å²) in [5, 5.41) is 3.26. The Balaban J connectivity index is 1.76. The zero-order chi connectivity index (χ0) is 18.4. The molecule has 0 atom stereocenters. The molecule has 0 saturated carbocycles. The van der Waals surface area contributed by atoms with E-state index in [1.807, 2.05) is 69.4 Å². The molecule has 0 bridgehead atoms. The first-order chi connectivity index (χ1) is 12.6. The minimum Gasteiger partial charge on any atom is -0.489 e. The Morgan fingerprint density at radius 2 is 1.73 bits per heavy atom. The van der Waals surface area contributed by atoms with Crippen molar-refractivity contribution in [2.24, 2.45) is 0 Å². The number of rotatable bonds is 7. The van der Waals surface area contributed by atoms with Crippen molar-refractivity contribution in [2.75, 3.05) is 17.3 Å². The Hall–Kier alpha value is -3.08. The van der Waals surface area contributed by atoms with Crippen LogP contribution in [0.1, 0.15) is 19.4 Å². The lowest BCUT2D eigenvalue weighted by atomic mass is 10.2. The van der Waals surface area contributed by atoms with Crippen LogP contribution >= 0.6 is 0 Å². The van der Waals surface area contributed by atoms with Crippen LogP contribution in [0.3, 0.4) is 0 Å². The fourth-order valence-corrected chi connectivity index (χ4v) is 2.61. The lowest BCUT2D eigenvalue weighted by molar-refractivity contribution is 0.244. The Morgan fingerprint density at radius 1 is 1.00 bits per heavy atom. The third-order valence-corrected chi connectivity index (χ3v) is 3.79. The monoisotopic (exact) mass is 348 g/mol. The van der Waals surface area contributed by atoms with Crippen LogP contribution in [-0.2, 0) is 6.54 Å². The maximum absolute atomic E-state index is 5.85. The molecular weight excluding hydrogens is 324 g/mol. The molecule has 1 N–H and O–H groups in total. The van der Waals surface area contributed by atoms with Gasteiger partial charge in [-0.15, -0.1) is 0 Å². The molecule has 1 heterocycles. The molecule has 0 aliphatic carbocycles. The van der Waals surface area contributed by atoms with Crippen molar-refractivity contribution in [2.45, 2.75) is 26.5 Å². The summed E-state index contributed by atoms with van der Waals surface area (Å²) in [5.74, 6) is 2.19. The van der Waals surface area contributed by atoms with Crippen LogP contribution in [0.15, 0.2) is 66.9 Å². The number of para-hydroxylation sites is 2. The molecule has 0 aliphatic rings. The van der Waals surface area contributed by atoms with E-state index >= 15 is 0 Å². The summed E-state index contributed by atoms with van der Waals surface area (Å²) in [6.07, 6.45) is 1.86. The van der Waals surface area contributed by atoms with E-state index in [-0.39, 0.29) is 6.10 Å². The van der Waals surface area contributed by atoms with Gasteiger partial charge in [-0.3, -0.25) is 0 Å². The van der Waals surface area contributed by atoms with E-state index in [0.717, 1.165) is 23.8 Å². The van der Waals surface area contributed by atoms with E-state index in [4.69, 9.17) is 4.74 Å². The van der Waals surface area contributed by atoms with Gasteiger partial charge in [0.15, 0.2) is 0 Å². The summed E-state index contributed by atoms with van der Waals surface area (Å²) in [5.41, 5.74) is 2.09. The minimum atomic E-state index is 0.0993. The number of ether oxygens (including phenoxy) is 1. The Labute approximate surface area is 154 Å². The lowest BCUT2D eigenvalue weighted by Crippen LogP contribution is -2.18. The fraction of sp³-hybridized carbons (Fsp3) is 0.238. The van der Waals surface area contributed by atoms with Crippen LogP contribution in [0.25, 0.3) is 0 Å². The van der Waals surface area contributed by atoms with Crippen molar-refractivity contribution in [1.82, 2.24) is 9.97 Å². The number of benzene rings is 2. The molecule has 26 heavy (non-hydrogen) atoms. The number of nitrogens with zero attached hydrogens (tertiary/aromatic N) is 3. The molecule has 0 aliphatic heterocycles. The van der Waals surface area contributed by atoms with Crippen molar-refractivity contribution >= 4 is 17.5 Å². The molecular formula is C21H24N4O. The first-order valence-electron chi connectivity index (χ1n) is 8.72. The second-order valence-corrected chi connectivity index (χ2v) is 6.37. The Morgan fingerprint density at radius 3 is 2.50 bits per heavy atom. The smallest absolute Gasteiger partial charge is 0.229 e. The molecule has 0 saturated heterocycles. The first kappa shape index (κ1) is 17.7. The van der Waals surface area contributed by atoms with Crippen LogP contribution in [0.4, 0.5) is 17.5 Å². The second kappa shape index (κ2) is 8.34. The second-order valence-electron chi connectivity index (χ2n) is 6.37. The summed E-state index contributed by atoms with van der Waals surface area (Å²) in [4.78, 5) is 11.1. The molecule has 0 amide bonds. The van der Waals surface area contributed by atoms with Crippen LogP contribution < -0.4 is 15.0 Å². The van der Waals surface area contributed by atoms with Gasteiger partial charge in [0.2, 0.25) is 5.95 Å². The van der Waals surface area contributed by atoms with E-state index in [1.165, 1.54) is 5.56 Å². The van der Waals surface area contributed by atoms with Crippen molar-refractivity contribution < 1.29 is 4.74 Å². The molecule has 0 fully saturated rings. The van der Waals surface area contributed by atoms with Gasteiger partial charge in [-0.25, -0.2) is 4.98 Å². The van der Waals surface area contributed by atoms with Gasteiger partial charge in [-0.1, -0.05) is 42.5 Å². The highest BCUT2D eigenvalue weighted by molar-refractivity contribution is 5.63. The van der Waals surface area contributed by atoms with Gasteiger partial charge in [0.1, 0.15) is 11.6 Å². The van der Waals surface area contributed by atoms with E-state index in [9.17, 15) is 0 Å². The van der Waals surface area contributed by atoms with Crippen LogP contribution in [0, 0.1) is 0 Å². The molecule has 5 heteroatoms. The predicted molar refractivity (Wildman–Crippen MR) is 106 cm³/mol. The number of anilines is 3. The van der Waals surface area contributed by atoms with Crippen molar-refractivity contribution in [3.8, 4) is 5.75 Å². The molecule has 3 aromatic rings. The van der Waals surface area contributed by atoms with Gasteiger partial charge in [-0.2, -0.15) is 4.98 Å². The quantitative estimate of drug-likeness (QED) is 0.674. The lowest BCUT2D eigenvalue weighted by Gasteiger charge is -2.19. The first-order valence-corrected chi connectivity index (χ1v) is 8.72. The molecule has 0 unspecified atom stereocenters. The molecule has 134 valence electrons. The third kappa shape index (κ3) is 4.72. The van der Waals surface area contributed by atoms with Crippen LogP contribution in [0.2, 0.25) is 0 Å². The van der Waals surface area contributed by atoms with E-state index in [2.05, 4.69) is 32.3 Å². The summed E-state index contributed by atoms with van der Waals surface area (Å²) in [7, 11) is 2.02. The van der Waals surface area contributed by atoms with Gasteiger partial charge < -0.3 is 15.0 Å². The highest BCUT2D eigenvalue weighted by atomic mass is 16.5. The molecule has 1 aromatic heterocycles. The molecule has 3 rings (SSSR count). The minimum absolute atomic E-state index is 0.0993. The maximum Gasteiger partial charge on any atom is 0.229 e. The maximum atomic E-state index is 5.85. The van der Waals surface area contributed by atoms with Crippen molar-refractivity contribution in [3.63, 3.8) is 0 Å². The zero-order valence-corrected chi connectivity index (χ0v) is 15.4. The average molecular weight is 348 g/mol. The predicted octanol–water partition coefficient (Wildman–Crippen LogP) is 4.64. The summed E-state index contributed by atoms with van der Waals surface area (Å²) in [6.45, 7) is 4.79. The molecule has 0 spiro atoms. The average Bonchev–Trinajstić information content (AvgIpc) is 2.64. The van der Waals surface area contributed by atoms with Gasteiger partial charge in [0, 0.05) is 19.8 Å². The van der Waals surface area contributed by atoms with Gasteiger partial charge in [0.05, 0.1) is 11.8 Å². The SMILES string of the molecule is CC(C)Oc1ccccc1Nc1nccc(N(C)Cc2ccccc2)n1. The highest BCUT2D eigenvalue weighted by Crippen LogP contribution is 2.27. The van der Waals surface area contributed by atoms with E-state index in [1.54, 1.807) is 6.20 Å². The number of nitrogens with one attached hydrogen (secondary N) is 1. The largest absolute Gasteiger partial charge is 0.489 e. The summed E-state index contributed by atoms with van der Waals surface area (Å²) >= 11 is 0. The number of hydrogen-bond acceptors (Lipinski definition) is 5. The van der Waals surface area contributed by atoms with Crippen LogP contribution in [0.5, 0.6) is 5.75 Å². The number of aromatic nitrogens is 2. The number of hydrogen-bond donors (Lipinski definition) is 1. The topological polar surface area (TPSA) is 50.3 Å². The molecule has 0 radical (unpaired) electrons. The Kier molecular flexibility index (Phi) is 5.69. The van der Waals surface area contributed by atoms with Gasteiger partial charge in [0.25, 0.3) is 0 Å². The standard InChI is InChI=1S/C21H24N4O/c1-16(2)26-19-12-8-7-11-18(19)23-21-22-14-13-20(24-21)25(3)15-17-9-5-4-6-10-17/h4-14,16H,15H2,1-3H3,(H,22,23,24). The van der Waals surface area contributed by atoms with Gasteiger partial charge in [-0.05, 0) is 37.6 Å². The molecule has 2 aromatic carbocycles. The summed E-state index contributed by atoms with van der Waals surface area (Å²) < 4.78 is 5.85. The van der Waals surface area contributed by atoms with E-state index < -0.39 is 0 Å². The third-order valence-electron chi connectivity index (χ3n) is 3.79. The van der Waals surface area contributed by atoms with Crippen molar-refractivity contribution in [3.05, 3.63) is 72.4 Å². The Bertz CT molecular complexity index is 836.